The summed E-state index contributed by atoms with van der Waals surface area (Å²) in [6, 6.07) is 7.69. The van der Waals surface area contributed by atoms with Gasteiger partial charge in [-0.3, -0.25) is 0 Å². The van der Waals surface area contributed by atoms with Crippen LogP contribution in [-0.2, 0) is 0 Å². The molecule has 3 heteroatoms. The molecule has 0 radical (unpaired) electrons. The van der Waals surface area contributed by atoms with Crippen LogP contribution in [0.1, 0.15) is 49.4 Å². The van der Waals surface area contributed by atoms with Gasteiger partial charge in [-0.1, -0.05) is 29.3 Å². The van der Waals surface area contributed by atoms with Gasteiger partial charge in [0, 0.05) is 31.8 Å². The van der Waals surface area contributed by atoms with Crippen molar-refractivity contribution < 1.29 is 5.11 Å². The highest BCUT2D eigenvalue weighted by Crippen LogP contribution is 2.20. The molecule has 0 bridgehead atoms. The number of rotatable bonds is 9. The molecule has 0 heterocycles. The van der Waals surface area contributed by atoms with Gasteiger partial charge in [0.05, 0.1) is 0 Å². The molecule has 0 spiro atoms. The summed E-state index contributed by atoms with van der Waals surface area (Å²) in [6.07, 6.45) is 1.94. The summed E-state index contributed by atoms with van der Waals surface area (Å²) in [6.45, 7) is 11.1. The van der Waals surface area contributed by atoms with Crippen LogP contribution in [-0.4, -0.2) is 42.8 Å². The Morgan fingerprint density at radius 1 is 1.10 bits per heavy atom. The van der Waals surface area contributed by atoms with E-state index in [4.69, 9.17) is 5.11 Å². The molecule has 0 amide bonds. The van der Waals surface area contributed by atoms with Crippen LogP contribution >= 0.6 is 0 Å². The van der Waals surface area contributed by atoms with Crippen molar-refractivity contribution in [3.63, 3.8) is 0 Å². The quantitative estimate of drug-likeness (QED) is 0.734. The zero-order chi connectivity index (χ0) is 15.8. The van der Waals surface area contributed by atoms with E-state index in [1.54, 1.807) is 0 Å². The van der Waals surface area contributed by atoms with E-state index in [-0.39, 0.29) is 6.61 Å². The van der Waals surface area contributed by atoms with E-state index < -0.39 is 0 Å². The van der Waals surface area contributed by atoms with Crippen molar-refractivity contribution in [1.82, 2.24) is 10.2 Å². The van der Waals surface area contributed by atoms with Crippen molar-refractivity contribution in [3.8, 4) is 0 Å². The zero-order valence-corrected chi connectivity index (χ0v) is 14.3. The normalized spacial score (nSPS) is 13.1. The van der Waals surface area contributed by atoms with Gasteiger partial charge in [-0.05, 0) is 53.1 Å². The van der Waals surface area contributed by atoms with E-state index in [2.05, 4.69) is 56.1 Å². The lowest BCUT2D eigenvalue weighted by Crippen LogP contribution is -2.35. The number of benzene rings is 1. The Morgan fingerprint density at radius 2 is 1.71 bits per heavy atom. The molecule has 0 fully saturated rings. The third-order valence-electron chi connectivity index (χ3n) is 4.03. The Kier molecular flexibility index (Phi) is 7.94. The predicted molar refractivity (Wildman–Crippen MR) is 90.7 cm³/mol. The first-order chi connectivity index (χ1) is 9.97. The Balaban J connectivity index is 2.68. The van der Waals surface area contributed by atoms with Crippen molar-refractivity contribution in [2.45, 2.75) is 52.6 Å². The Bertz CT molecular complexity index is 397. The van der Waals surface area contributed by atoms with Gasteiger partial charge in [0.25, 0.3) is 0 Å². The third-order valence-corrected chi connectivity index (χ3v) is 4.03. The van der Waals surface area contributed by atoms with Gasteiger partial charge in [-0.15, -0.1) is 0 Å². The molecule has 1 aromatic carbocycles. The highest BCUT2D eigenvalue weighted by Gasteiger charge is 2.14. The van der Waals surface area contributed by atoms with Crippen LogP contribution in [0.5, 0.6) is 0 Å². The van der Waals surface area contributed by atoms with Crippen molar-refractivity contribution in [2.24, 2.45) is 0 Å². The van der Waals surface area contributed by atoms with Crippen molar-refractivity contribution in [1.29, 1.82) is 0 Å². The lowest BCUT2D eigenvalue weighted by atomic mass is 9.99. The fourth-order valence-corrected chi connectivity index (χ4v) is 2.89. The van der Waals surface area contributed by atoms with Crippen LogP contribution in [0, 0.1) is 13.8 Å². The molecule has 0 aliphatic heterocycles. The first kappa shape index (κ1) is 18.1. The monoisotopic (exact) mass is 292 g/mol. The van der Waals surface area contributed by atoms with Crippen molar-refractivity contribution >= 4 is 0 Å². The van der Waals surface area contributed by atoms with Gasteiger partial charge in [0.2, 0.25) is 0 Å². The summed E-state index contributed by atoms with van der Waals surface area (Å²) in [5.41, 5.74) is 4.03. The molecule has 1 rings (SSSR count). The number of nitrogens with zero attached hydrogens (tertiary/aromatic N) is 1. The van der Waals surface area contributed by atoms with Crippen molar-refractivity contribution in [2.75, 3.05) is 26.7 Å². The van der Waals surface area contributed by atoms with Gasteiger partial charge in [-0.2, -0.15) is 0 Å². The number of nitrogens with one attached hydrogen (secondary N) is 1. The van der Waals surface area contributed by atoms with E-state index in [1.807, 2.05) is 7.05 Å². The standard InChI is InChI=1S/C18H32N2O/c1-14(2)20(8-6-10-21)9-7-18(19-5)17-12-15(3)11-16(4)13-17/h11-14,18-19,21H,6-10H2,1-5H3. The molecule has 0 aliphatic rings. The predicted octanol–water partition coefficient (Wildman–Crippen LogP) is 3.05. The van der Waals surface area contributed by atoms with Crippen LogP contribution in [0.4, 0.5) is 0 Å². The lowest BCUT2D eigenvalue weighted by Gasteiger charge is -2.28. The zero-order valence-electron chi connectivity index (χ0n) is 14.3. The Morgan fingerprint density at radius 3 is 2.19 bits per heavy atom. The molecule has 1 atom stereocenters. The number of hydrogen-bond acceptors (Lipinski definition) is 3. The molecule has 0 saturated heterocycles. The SMILES string of the molecule is CNC(CCN(CCCO)C(C)C)c1cc(C)cc(C)c1. The maximum Gasteiger partial charge on any atom is 0.0443 e. The second-order valence-corrected chi connectivity index (χ2v) is 6.26. The maximum absolute atomic E-state index is 9.02. The minimum Gasteiger partial charge on any atom is -0.396 e. The first-order valence-corrected chi connectivity index (χ1v) is 8.08. The van der Waals surface area contributed by atoms with Crippen LogP contribution in [0.25, 0.3) is 0 Å². The summed E-state index contributed by atoms with van der Waals surface area (Å²) in [7, 11) is 2.04. The maximum atomic E-state index is 9.02. The number of aliphatic hydroxyl groups excluding tert-OH is 1. The minimum absolute atomic E-state index is 0.274. The van der Waals surface area contributed by atoms with E-state index in [1.165, 1.54) is 16.7 Å². The summed E-state index contributed by atoms with van der Waals surface area (Å²) in [5.74, 6) is 0. The van der Waals surface area contributed by atoms with E-state index in [0.29, 0.717) is 12.1 Å². The smallest absolute Gasteiger partial charge is 0.0443 e. The third kappa shape index (κ3) is 6.16. The largest absolute Gasteiger partial charge is 0.396 e. The van der Waals surface area contributed by atoms with Crippen LogP contribution in [0.15, 0.2) is 18.2 Å². The second-order valence-electron chi connectivity index (χ2n) is 6.26. The van der Waals surface area contributed by atoms with Gasteiger partial charge < -0.3 is 15.3 Å². The molecule has 120 valence electrons. The Hall–Kier alpha value is -0.900. The number of aryl methyl sites for hydroxylation is 2. The average molecular weight is 292 g/mol. The molecule has 2 N–H and O–H groups in total. The molecular weight excluding hydrogens is 260 g/mol. The molecule has 1 aromatic rings. The molecule has 21 heavy (non-hydrogen) atoms. The van der Waals surface area contributed by atoms with Crippen LogP contribution in [0.2, 0.25) is 0 Å². The molecular formula is C18H32N2O. The van der Waals surface area contributed by atoms with E-state index in [9.17, 15) is 0 Å². The fraction of sp³-hybridized carbons (Fsp3) is 0.667. The van der Waals surface area contributed by atoms with Gasteiger partial charge >= 0.3 is 0 Å². The first-order valence-electron chi connectivity index (χ1n) is 8.08. The van der Waals surface area contributed by atoms with Gasteiger partial charge in [-0.25, -0.2) is 0 Å². The number of aliphatic hydroxyl groups is 1. The van der Waals surface area contributed by atoms with Gasteiger partial charge in [0.1, 0.15) is 0 Å². The molecule has 3 nitrogen and oxygen atoms in total. The topological polar surface area (TPSA) is 35.5 Å². The highest BCUT2D eigenvalue weighted by atomic mass is 16.3. The molecule has 0 saturated carbocycles. The second kappa shape index (κ2) is 9.19. The van der Waals surface area contributed by atoms with E-state index in [0.717, 1.165) is 25.9 Å². The highest BCUT2D eigenvalue weighted by molar-refractivity contribution is 5.30. The van der Waals surface area contributed by atoms with Crippen LogP contribution in [0.3, 0.4) is 0 Å². The molecule has 0 aromatic heterocycles. The Labute approximate surface area is 130 Å². The fourth-order valence-electron chi connectivity index (χ4n) is 2.89. The summed E-state index contributed by atoms with van der Waals surface area (Å²) in [4.78, 5) is 2.45. The van der Waals surface area contributed by atoms with Crippen molar-refractivity contribution in [3.05, 3.63) is 34.9 Å². The molecule has 0 aliphatic carbocycles. The lowest BCUT2D eigenvalue weighted by molar-refractivity contribution is 0.184. The van der Waals surface area contributed by atoms with Gasteiger partial charge in [0.15, 0.2) is 0 Å². The van der Waals surface area contributed by atoms with Crippen LogP contribution < -0.4 is 5.32 Å². The van der Waals surface area contributed by atoms with E-state index >= 15 is 0 Å². The summed E-state index contributed by atoms with van der Waals surface area (Å²) >= 11 is 0. The molecule has 1 unspecified atom stereocenters. The summed E-state index contributed by atoms with van der Waals surface area (Å²) < 4.78 is 0. The number of hydrogen-bond donors (Lipinski definition) is 2. The average Bonchev–Trinajstić information content (AvgIpc) is 2.41. The summed E-state index contributed by atoms with van der Waals surface area (Å²) in [5, 5.41) is 12.5. The minimum atomic E-state index is 0.274.